The Balaban J connectivity index is 1.04. The summed E-state index contributed by atoms with van der Waals surface area (Å²) in [6.07, 6.45) is 0. The largest absolute Gasteiger partial charge is 0.456 e. The van der Waals surface area contributed by atoms with Crippen molar-refractivity contribution in [2.24, 2.45) is 0 Å². The topological polar surface area (TPSA) is 77.8 Å². The molecule has 0 aliphatic heterocycles. The molecule has 0 amide bonds. The Labute approximate surface area is 286 Å². The van der Waals surface area contributed by atoms with E-state index in [9.17, 15) is 0 Å². The van der Waals surface area contributed by atoms with Crippen LogP contribution in [-0.2, 0) is 0 Å². The zero-order valence-electron chi connectivity index (χ0n) is 26.6. The van der Waals surface area contributed by atoms with Crippen molar-refractivity contribution in [2.75, 3.05) is 0 Å². The van der Waals surface area contributed by atoms with Crippen molar-refractivity contribution in [1.29, 1.82) is 0 Å². The van der Waals surface area contributed by atoms with Crippen molar-refractivity contribution >= 4 is 43.8 Å². The Hall–Kier alpha value is -6.92. The Kier molecular flexibility index (Phi) is 6.39. The number of benzene rings is 7. The summed E-state index contributed by atoms with van der Waals surface area (Å²) in [5, 5.41) is 4.26. The number of fused-ring (bicyclic) bond motifs is 5. The zero-order valence-corrected chi connectivity index (χ0v) is 26.6. The lowest BCUT2D eigenvalue weighted by Crippen LogP contribution is -2.00. The minimum atomic E-state index is 0.571. The molecular weight excluding hydrogens is 617 g/mol. The van der Waals surface area contributed by atoms with Crippen LogP contribution >= 0.6 is 0 Å². The van der Waals surface area contributed by atoms with Gasteiger partial charge in [0.05, 0.1) is 0 Å². The molecule has 6 nitrogen and oxygen atoms in total. The summed E-state index contributed by atoms with van der Waals surface area (Å²) < 4.78 is 12.3. The third-order valence-corrected chi connectivity index (χ3v) is 9.19. The van der Waals surface area contributed by atoms with Crippen LogP contribution in [0.3, 0.4) is 0 Å². The van der Waals surface area contributed by atoms with Gasteiger partial charge < -0.3 is 8.83 Å². The molecule has 0 saturated carbocycles. The van der Waals surface area contributed by atoms with E-state index >= 15 is 0 Å². The molecule has 3 aromatic heterocycles. The van der Waals surface area contributed by atoms with E-state index in [1.54, 1.807) is 0 Å². The molecule has 0 aliphatic rings. The van der Waals surface area contributed by atoms with E-state index in [1.165, 1.54) is 0 Å². The maximum absolute atomic E-state index is 6.27. The predicted octanol–water partition coefficient (Wildman–Crippen LogP) is 11.4. The SMILES string of the molecule is c1ccc(-c2nc(-c3ccccc3)nc(-c3cccc4c(-c5ccc(-c6nc7cc8oc9ccccc9c8cc7o6)cc5)cccc34)n2)cc1. The highest BCUT2D eigenvalue weighted by Gasteiger charge is 2.17. The summed E-state index contributed by atoms with van der Waals surface area (Å²) in [6.45, 7) is 0. The van der Waals surface area contributed by atoms with Gasteiger partial charge in [-0.15, -0.1) is 0 Å². The molecule has 0 saturated heterocycles. The van der Waals surface area contributed by atoms with Crippen molar-refractivity contribution in [1.82, 2.24) is 19.9 Å². The van der Waals surface area contributed by atoms with Crippen molar-refractivity contribution in [3.8, 4) is 56.7 Å². The summed E-state index contributed by atoms with van der Waals surface area (Å²) in [5.41, 5.74) is 9.08. The fraction of sp³-hybridized carbons (Fsp3) is 0. The first-order chi connectivity index (χ1) is 24.7. The fourth-order valence-electron chi connectivity index (χ4n) is 6.75. The second-order valence-electron chi connectivity index (χ2n) is 12.3. The van der Waals surface area contributed by atoms with Crippen LogP contribution in [0.1, 0.15) is 0 Å². The standard InChI is InChI=1S/C44H26N4O2/c1-3-11-28(12-4-1)41-46-42(29-13-5-2-6-14-29)48-43(47-41)35-19-10-17-32-31(16-9-18-33(32)35)27-21-23-30(24-22-27)44-45-37-26-39-36(25-40(37)50-44)34-15-7-8-20-38(34)49-39/h1-26H. The molecule has 10 aromatic rings. The minimum Gasteiger partial charge on any atom is -0.456 e. The van der Waals surface area contributed by atoms with Crippen LogP contribution < -0.4 is 0 Å². The fourth-order valence-corrected chi connectivity index (χ4v) is 6.75. The van der Waals surface area contributed by atoms with E-state index < -0.39 is 0 Å². The molecule has 0 spiro atoms. The molecule has 0 radical (unpaired) electrons. The minimum absolute atomic E-state index is 0.571. The highest BCUT2D eigenvalue weighted by molar-refractivity contribution is 6.09. The highest BCUT2D eigenvalue weighted by atomic mass is 16.4. The van der Waals surface area contributed by atoms with Gasteiger partial charge in [0, 0.05) is 39.1 Å². The maximum atomic E-state index is 6.27. The molecule has 7 aromatic carbocycles. The predicted molar refractivity (Wildman–Crippen MR) is 199 cm³/mol. The van der Waals surface area contributed by atoms with Crippen molar-refractivity contribution in [2.45, 2.75) is 0 Å². The molecule has 0 bridgehead atoms. The van der Waals surface area contributed by atoms with Gasteiger partial charge in [-0.1, -0.05) is 127 Å². The lowest BCUT2D eigenvalue weighted by molar-refractivity contribution is 0.620. The molecule has 0 unspecified atom stereocenters. The average molecular weight is 643 g/mol. The van der Waals surface area contributed by atoms with Crippen molar-refractivity contribution < 1.29 is 8.83 Å². The van der Waals surface area contributed by atoms with Crippen LogP contribution in [0.15, 0.2) is 167 Å². The molecular formula is C44H26N4O2. The number of oxazole rings is 1. The first-order valence-corrected chi connectivity index (χ1v) is 16.5. The zero-order chi connectivity index (χ0) is 33.0. The second-order valence-corrected chi connectivity index (χ2v) is 12.3. The summed E-state index contributed by atoms with van der Waals surface area (Å²) in [5.74, 6) is 2.48. The monoisotopic (exact) mass is 642 g/mol. The van der Waals surface area contributed by atoms with Gasteiger partial charge in [-0.25, -0.2) is 19.9 Å². The Morgan fingerprint density at radius 3 is 1.62 bits per heavy atom. The van der Waals surface area contributed by atoms with Gasteiger partial charge in [-0.05, 0) is 46.2 Å². The molecule has 234 valence electrons. The van der Waals surface area contributed by atoms with E-state index in [2.05, 4.69) is 66.7 Å². The van der Waals surface area contributed by atoms with Crippen LogP contribution in [0, 0.1) is 0 Å². The number of nitrogens with zero attached hydrogens (tertiary/aromatic N) is 4. The average Bonchev–Trinajstić information content (AvgIpc) is 3.77. The Bertz CT molecular complexity index is 2800. The van der Waals surface area contributed by atoms with Crippen LogP contribution in [-0.4, -0.2) is 19.9 Å². The van der Waals surface area contributed by atoms with E-state index in [-0.39, 0.29) is 0 Å². The Morgan fingerprint density at radius 1 is 0.320 bits per heavy atom. The summed E-state index contributed by atoms with van der Waals surface area (Å²) >= 11 is 0. The molecule has 0 atom stereocenters. The molecule has 3 heterocycles. The first-order valence-electron chi connectivity index (χ1n) is 16.5. The van der Waals surface area contributed by atoms with E-state index in [0.29, 0.717) is 23.4 Å². The Morgan fingerprint density at radius 2 is 0.900 bits per heavy atom. The first kappa shape index (κ1) is 28.1. The third-order valence-electron chi connectivity index (χ3n) is 9.19. The van der Waals surface area contributed by atoms with Gasteiger partial charge in [-0.2, -0.15) is 0 Å². The van der Waals surface area contributed by atoms with Gasteiger partial charge in [0.15, 0.2) is 23.1 Å². The molecule has 0 N–H and O–H groups in total. The van der Waals surface area contributed by atoms with Crippen LogP contribution in [0.5, 0.6) is 0 Å². The number of furan rings is 1. The maximum Gasteiger partial charge on any atom is 0.227 e. The van der Waals surface area contributed by atoms with E-state index in [0.717, 1.165) is 77.2 Å². The van der Waals surface area contributed by atoms with Crippen molar-refractivity contribution in [3.05, 3.63) is 158 Å². The van der Waals surface area contributed by atoms with E-state index in [4.69, 9.17) is 28.8 Å². The highest BCUT2D eigenvalue weighted by Crippen LogP contribution is 2.37. The number of aromatic nitrogens is 4. The molecule has 0 fully saturated rings. The van der Waals surface area contributed by atoms with Gasteiger partial charge in [-0.3, -0.25) is 0 Å². The number of hydrogen-bond donors (Lipinski definition) is 0. The lowest BCUT2D eigenvalue weighted by Gasteiger charge is -2.12. The normalized spacial score (nSPS) is 11.6. The van der Waals surface area contributed by atoms with Crippen LogP contribution in [0.4, 0.5) is 0 Å². The lowest BCUT2D eigenvalue weighted by atomic mass is 9.95. The third kappa shape index (κ3) is 4.73. The van der Waals surface area contributed by atoms with Gasteiger partial charge in [0.1, 0.15) is 16.7 Å². The summed E-state index contributed by atoms with van der Waals surface area (Å²) in [4.78, 5) is 19.7. The van der Waals surface area contributed by atoms with Crippen LogP contribution in [0.2, 0.25) is 0 Å². The summed E-state index contributed by atoms with van der Waals surface area (Å²) in [6, 6.07) is 53.2. The van der Waals surface area contributed by atoms with Crippen molar-refractivity contribution in [3.63, 3.8) is 0 Å². The molecule has 6 heteroatoms. The smallest absolute Gasteiger partial charge is 0.227 e. The molecule has 10 rings (SSSR count). The summed E-state index contributed by atoms with van der Waals surface area (Å²) in [7, 11) is 0. The molecule has 50 heavy (non-hydrogen) atoms. The van der Waals surface area contributed by atoms with Gasteiger partial charge in [0.25, 0.3) is 0 Å². The number of para-hydroxylation sites is 1. The number of hydrogen-bond acceptors (Lipinski definition) is 6. The molecule has 0 aliphatic carbocycles. The van der Waals surface area contributed by atoms with Gasteiger partial charge in [0.2, 0.25) is 5.89 Å². The van der Waals surface area contributed by atoms with Crippen LogP contribution in [0.25, 0.3) is 101 Å². The second kappa shape index (κ2) is 11.4. The van der Waals surface area contributed by atoms with Gasteiger partial charge >= 0.3 is 0 Å². The number of rotatable bonds is 5. The van der Waals surface area contributed by atoms with E-state index in [1.807, 2.05) is 91.0 Å². The quantitative estimate of drug-likeness (QED) is 0.186.